The second-order valence-corrected chi connectivity index (χ2v) is 5.52. The lowest BCUT2D eigenvalue weighted by Crippen LogP contribution is -2.58. The zero-order chi connectivity index (χ0) is 14.0. The number of nitrogens with zero attached hydrogens (tertiary/aromatic N) is 2. The van der Waals surface area contributed by atoms with Gasteiger partial charge in [-0.1, -0.05) is 6.92 Å². The van der Waals surface area contributed by atoms with Gasteiger partial charge in [0.05, 0.1) is 19.2 Å². The molecule has 2 aliphatic heterocycles. The van der Waals surface area contributed by atoms with Gasteiger partial charge in [-0.3, -0.25) is 9.69 Å². The van der Waals surface area contributed by atoms with Crippen molar-refractivity contribution < 1.29 is 18.3 Å². The van der Waals surface area contributed by atoms with Crippen molar-refractivity contribution in [3.05, 3.63) is 0 Å². The van der Waals surface area contributed by atoms with Gasteiger partial charge in [0, 0.05) is 26.1 Å². The third kappa shape index (κ3) is 3.23. The van der Waals surface area contributed by atoms with Gasteiger partial charge in [0.2, 0.25) is 5.91 Å². The predicted octanol–water partition coefficient (Wildman–Crippen LogP) is 1.21. The monoisotopic (exact) mass is 276 g/mol. The third-order valence-electron chi connectivity index (χ3n) is 4.21. The average molecular weight is 276 g/mol. The Kier molecular flexibility index (Phi) is 4.40. The van der Waals surface area contributed by atoms with E-state index in [0.717, 1.165) is 0 Å². The fraction of sp³-hybridized carbons (Fsp3) is 0.923. The van der Waals surface area contributed by atoms with Gasteiger partial charge < -0.3 is 9.64 Å². The lowest BCUT2D eigenvalue weighted by atomic mass is 9.90. The topological polar surface area (TPSA) is 32.8 Å². The van der Waals surface area contributed by atoms with Crippen molar-refractivity contribution in [1.82, 2.24) is 9.80 Å². The predicted molar refractivity (Wildman–Crippen MR) is 67.2 cm³/mol. The van der Waals surface area contributed by atoms with Gasteiger partial charge in [0.1, 0.15) is 0 Å². The highest BCUT2D eigenvalue weighted by Gasteiger charge is 2.44. The summed E-state index contributed by atoms with van der Waals surface area (Å²) in [6, 6.07) is 0. The highest BCUT2D eigenvalue weighted by molar-refractivity contribution is 5.79. The van der Waals surface area contributed by atoms with Gasteiger partial charge in [0.25, 0.3) is 5.92 Å². The van der Waals surface area contributed by atoms with E-state index in [2.05, 4.69) is 0 Å². The minimum absolute atomic E-state index is 0.0703. The fourth-order valence-corrected chi connectivity index (χ4v) is 2.78. The van der Waals surface area contributed by atoms with Crippen molar-refractivity contribution in [2.75, 3.05) is 39.8 Å². The van der Waals surface area contributed by atoms with E-state index in [1.165, 1.54) is 0 Å². The molecule has 2 saturated heterocycles. The van der Waals surface area contributed by atoms with Crippen LogP contribution in [-0.4, -0.2) is 67.6 Å². The molecule has 0 aliphatic carbocycles. The zero-order valence-electron chi connectivity index (χ0n) is 11.6. The maximum atomic E-state index is 13.8. The molecule has 6 heteroatoms. The SMILES string of the molecule is CCC1CCN(CC(=O)N2CC(OC)C2)CC1(F)F. The van der Waals surface area contributed by atoms with Crippen molar-refractivity contribution in [2.24, 2.45) is 5.92 Å². The van der Waals surface area contributed by atoms with E-state index in [-0.39, 0.29) is 25.1 Å². The molecule has 110 valence electrons. The molecule has 1 amide bonds. The van der Waals surface area contributed by atoms with Gasteiger partial charge in [-0.15, -0.1) is 0 Å². The summed E-state index contributed by atoms with van der Waals surface area (Å²) >= 11 is 0. The number of methoxy groups -OCH3 is 1. The molecule has 19 heavy (non-hydrogen) atoms. The quantitative estimate of drug-likeness (QED) is 0.774. The summed E-state index contributed by atoms with van der Waals surface area (Å²) < 4.78 is 32.7. The van der Waals surface area contributed by atoms with Crippen LogP contribution in [0.25, 0.3) is 0 Å². The molecule has 2 rings (SSSR count). The number of likely N-dealkylation sites (tertiary alicyclic amines) is 2. The number of carbonyl (C=O) groups is 1. The number of hydrogen-bond donors (Lipinski definition) is 0. The molecule has 1 atom stereocenters. The van der Waals surface area contributed by atoms with Gasteiger partial charge >= 0.3 is 0 Å². The second-order valence-electron chi connectivity index (χ2n) is 5.52. The molecule has 0 aromatic rings. The number of hydrogen-bond acceptors (Lipinski definition) is 3. The molecule has 2 heterocycles. The van der Waals surface area contributed by atoms with E-state index >= 15 is 0 Å². The summed E-state index contributed by atoms with van der Waals surface area (Å²) in [6.45, 7) is 3.35. The van der Waals surface area contributed by atoms with Gasteiger partial charge in [-0.25, -0.2) is 8.78 Å². The molecule has 1 unspecified atom stereocenters. The molecule has 0 aromatic carbocycles. The highest BCUT2D eigenvalue weighted by Crippen LogP contribution is 2.34. The maximum absolute atomic E-state index is 13.8. The molecule has 0 bridgehead atoms. The lowest BCUT2D eigenvalue weighted by Gasteiger charge is -2.41. The molecule has 0 N–H and O–H groups in total. The maximum Gasteiger partial charge on any atom is 0.263 e. The average Bonchev–Trinajstić information content (AvgIpc) is 2.26. The van der Waals surface area contributed by atoms with Crippen molar-refractivity contribution in [1.29, 1.82) is 0 Å². The molecule has 2 aliphatic rings. The fourth-order valence-electron chi connectivity index (χ4n) is 2.78. The van der Waals surface area contributed by atoms with Crippen LogP contribution in [0.3, 0.4) is 0 Å². The number of carbonyl (C=O) groups excluding carboxylic acids is 1. The summed E-state index contributed by atoms with van der Waals surface area (Å²) in [7, 11) is 1.61. The van der Waals surface area contributed by atoms with Crippen LogP contribution in [-0.2, 0) is 9.53 Å². The smallest absolute Gasteiger partial charge is 0.263 e. The van der Waals surface area contributed by atoms with Crippen LogP contribution in [0, 0.1) is 5.92 Å². The van der Waals surface area contributed by atoms with Crippen LogP contribution >= 0.6 is 0 Å². The Morgan fingerprint density at radius 2 is 2.11 bits per heavy atom. The molecule has 0 radical (unpaired) electrons. The van der Waals surface area contributed by atoms with Crippen LogP contribution in [0.4, 0.5) is 8.78 Å². The first-order valence-corrected chi connectivity index (χ1v) is 6.87. The summed E-state index contributed by atoms with van der Waals surface area (Å²) in [5, 5.41) is 0. The molecular formula is C13H22F2N2O2. The molecule has 2 fully saturated rings. The summed E-state index contributed by atoms with van der Waals surface area (Å²) in [5.74, 6) is -3.28. The first-order chi connectivity index (χ1) is 8.96. The van der Waals surface area contributed by atoms with Gasteiger partial charge in [0.15, 0.2) is 0 Å². The Bertz CT molecular complexity index is 333. The largest absolute Gasteiger partial charge is 0.378 e. The highest BCUT2D eigenvalue weighted by atomic mass is 19.3. The van der Waals surface area contributed by atoms with Crippen LogP contribution < -0.4 is 0 Å². The number of rotatable bonds is 4. The number of amides is 1. The number of alkyl halides is 2. The first-order valence-electron chi connectivity index (χ1n) is 6.87. The standard InChI is InChI=1S/C13H22F2N2O2/c1-3-10-4-5-16(9-13(10,14)15)8-12(18)17-6-11(7-17)19-2/h10-11H,3-9H2,1-2H3. The third-order valence-corrected chi connectivity index (χ3v) is 4.21. The Balaban J connectivity index is 1.79. The second kappa shape index (κ2) is 5.71. The molecule has 4 nitrogen and oxygen atoms in total. The minimum atomic E-state index is -2.67. The van der Waals surface area contributed by atoms with Gasteiger partial charge in [-0.05, 0) is 19.4 Å². The number of ether oxygens (including phenoxy) is 1. The Hall–Kier alpha value is -0.750. The molecular weight excluding hydrogens is 254 g/mol. The van der Waals surface area contributed by atoms with E-state index in [0.29, 0.717) is 32.5 Å². The normalized spacial score (nSPS) is 28.2. The van der Waals surface area contributed by atoms with E-state index in [9.17, 15) is 13.6 Å². The number of piperidine rings is 1. The van der Waals surface area contributed by atoms with E-state index in [1.807, 2.05) is 0 Å². The van der Waals surface area contributed by atoms with Crippen molar-refractivity contribution in [2.45, 2.75) is 31.8 Å². The Morgan fingerprint density at radius 3 is 2.63 bits per heavy atom. The van der Waals surface area contributed by atoms with Crippen LogP contribution in [0.5, 0.6) is 0 Å². The van der Waals surface area contributed by atoms with Crippen LogP contribution in [0.2, 0.25) is 0 Å². The molecule has 0 spiro atoms. The first kappa shape index (κ1) is 14.7. The van der Waals surface area contributed by atoms with Crippen LogP contribution in [0.15, 0.2) is 0 Å². The van der Waals surface area contributed by atoms with Crippen molar-refractivity contribution in [3.63, 3.8) is 0 Å². The summed E-state index contributed by atoms with van der Waals surface area (Å²) in [5.41, 5.74) is 0. The van der Waals surface area contributed by atoms with Crippen molar-refractivity contribution >= 4 is 5.91 Å². The molecule has 0 saturated carbocycles. The molecule has 0 aromatic heterocycles. The Morgan fingerprint density at radius 1 is 1.42 bits per heavy atom. The zero-order valence-corrected chi connectivity index (χ0v) is 11.6. The van der Waals surface area contributed by atoms with Gasteiger partial charge in [-0.2, -0.15) is 0 Å². The van der Waals surface area contributed by atoms with E-state index in [4.69, 9.17) is 4.74 Å². The van der Waals surface area contributed by atoms with Crippen LogP contribution in [0.1, 0.15) is 19.8 Å². The van der Waals surface area contributed by atoms with E-state index in [1.54, 1.807) is 23.8 Å². The number of halogens is 2. The van der Waals surface area contributed by atoms with E-state index < -0.39 is 11.8 Å². The summed E-state index contributed by atoms with van der Waals surface area (Å²) in [4.78, 5) is 15.1. The lowest BCUT2D eigenvalue weighted by molar-refractivity contribution is -0.149. The Labute approximate surface area is 112 Å². The van der Waals surface area contributed by atoms with Crippen molar-refractivity contribution in [3.8, 4) is 0 Å². The summed E-state index contributed by atoms with van der Waals surface area (Å²) in [6.07, 6.45) is 1.07. The minimum Gasteiger partial charge on any atom is -0.378 e.